The van der Waals surface area contributed by atoms with Gasteiger partial charge < -0.3 is 20.1 Å². The van der Waals surface area contributed by atoms with Gasteiger partial charge in [0.15, 0.2) is 0 Å². The smallest absolute Gasteiger partial charge is 0.347 e. The Morgan fingerprint density at radius 2 is 2.24 bits per heavy atom. The largest absolute Gasteiger partial charge is 0.477 e. The molecule has 0 radical (unpaired) electrons. The van der Waals surface area contributed by atoms with Gasteiger partial charge >= 0.3 is 12.0 Å². The lowest BCUT2D eigenvalue weighted by Crippen LogP contribution is -2.42. The third kappa shape index (κ3) is 4.15. The van der Waals surface area contributed by atoms with E-state index >= 15 is 0 Å². The number of urea groups is 1. The first-order valence-electron chi connectivity index (χ1n) is 6.76. The zero-order valence-corrected chi connectivity index (χ0v) is 12.9. The molecule has 1 aliphatic rings. The van der Waals surface area contributed by atoms with Crippen LogP contribution in [0.4, 0.5) is 4.79 Å². The van der Waals surface area contributed by atoms with Gasteiger partial charge in [-0.2, -0.15) is 0 Å². The van der Waals surface area contributed by atoms with Gasteiger partial charge in [-0.1, -0.05) is 0 Å². The number of hydrogen-bond donors (Lipinski definition) is 2. The van der Waals surface area contributed by atoms with Gasteiger partial charge in [-0.3, -0.25) is 0 Å². The van der Waals surface area contributed by atoms with Crippen molar-refractivity contribution in [1.82, 2.24) is 15.2 Å². The molecule has 1 saturated carbocycles. The Balaban J connectivity index is 1.90. The standard InChI is InChI=1S/C13H19N3O4S/c1-8-11(12(17)18)21-10(15-8)7-14-13(19)16(5-6-20-2)9-3-4-9/h9H,3-7H2,1-2H3,(H,14,19)(H,17,18). The quantitative estimate of drug-likeness (QED) is 0.795. The molecule has 1 aromatic rings. The Labute approximate surface area is 126 Å². The Morgan fingerprint density at radius 1 is 1.52 bits per heavy atom. The minimum Gasteiger partial charge on any atom is -0.477 e. The van der Waals surface area contributed by atoms with E-state index in [1.54, 1.807) is 18.9 Å². The zero-order chi connectivity index (χ0) is 15.4. The molecule has 8 heteroatoms. The van der Waals surface area contributed by atoms with Gasteiger partial charge in [-0.15, -0.1) is 11.3 Å². The van der Waals surface area contributed by atoms with Gasteiger partial charge in [0.25, 0.3) is 0 Å². The van der Waals surface area contributed by atoms with Crippen LogP contribution in [0.15, 0.2) is 0 Å². The lowest BCUT2D eigenvalue weighted by Gasteiger charge is -2.22. The molecule has 1 aromatic heterocycles. The zero-order valence-electron chi connectivity index (χ0n) is 12.1. The van der Waals surface area contributed by atoms with E-state index in [4.69, 9.17) is 9.84 Å². The number of methoxy groups -OCH3 is 1. The second kappa shape index (κ2) is 6.86. The predicted octanol–water partition coefficient (Wildman–Crippen LogP) is 1.47. The highest BCUT2D eigenvalue weighted by molar-refractivity contribution is 7.13. The van der Waals surface area contributed by atoms with Crippen LogP contribution in [0.5, 0.6) is 0 Å². The lowest BCUT2D eigenvalue weighted by molar-refractivity contribution is 0.0701. The highest BCUT2D eigenvalue weighted by Crippen LogP contribution is 2.26. The number of carbonyl (C=O) groups is 2. The van der Waals surface area contributed by atoms with Gasteiger partial charge in [-0.25, -0.2) is 14.6 Å². The number of nitrogens with one attached hydrogen (secondary N) is 1. The summed E-state index contributed by atoms with van der Waals surface area (Å²) >= 11 is 1.09. The van der Waals surface area contributed by atoms with Crippen molar-refractivity contribution in [3.05, 3.63) is 15.6 Å². The second-order valence-electron chi connectivity index (χ2n) is 4.90. The summed E-state index contributed by atoms with van der Waals surface area (Å²) in [6, 6.07) is 0.145. The van der Waals surface area contributed by atoms with Crippen molar-refractivity contribution in [2.24, 2.45) is 0 Å². The number of amides is 2. The summed E-state index contributed by atoms with van der Waals surface area (Å²) < 4.78 is 5.01. The number of ether oxygens (including phenoxy) is 1. The molecule has 1 heterocycles. The maximum Gasteiger partial charge on any atom is 0.347 e. The molecule has 7 nitrogen and oxygen atoms in total. The molecule has 0 saturated heterocycles. The third-order valence-corrected chi connectivity index (χ3v) is 4.36. The molecule has 2 amide bonds. The van der Waals surface area contributed by atoms with Crippen LogP contribution >= 0.6 is 11.3 Å². The summed E-state index contributed by atoms with van der Waals surface area (Å²) in [6.07, 6.45) is 2.05. The number of hydrogen-bond acceptors (Lipinski definition) is 5. The summed E-state index contributed by atoms with van der Waals surface area (Å²) in [6.45, 7) is 2.96. The van der Waals surface area contributed by atoms with E-state index in [0.717, 1.165) is 24.2 Å². The number of thiazole rings is 1. The SMILES string of the molecule is COCCN(C(=O)NCc1nc(C)c(C(=O)O)s1)C1CC1. The van der Waals surface area contributed by atoms with E-state index in [1.807, 2.05) is 0 Å². The van der Waals surface area contributed by atoms with E-state index in [9.17, 15) is 9.59 Å². The van der Waals surface area contributed by atoms with Crippen molar-refractivity contribution < 1.29 is 19.4 Å². The van der Waals surface area contributed by atoms with Crippen molar-refractivity contribution in [2.45, 2.75) is 32.4 Å². The minimum atomic E-state index is -0.984. The maximum absolute atomic E-state index is 12.1. The third-order valence-electron chi connectivity index (χ3n) is 3.21. The maximum atomic E-state index is 12.1. The molecule has 0 aromatic carbocycles. The Morgan fingerprint density at radius 3 is 2.76 bits per heavy atom. The number of aromatic carboxylic acids is 1. The van der Waals surface area contributed by atoms with Gasteiger partial charge in [-0.05, 0) is 19.8 Å². The van der Waals surface area contributed by atoms with E-state index in [-0.39, 0.29) is 17.5 Å². The molecular weight excluding hydrogens is 294 g/mol. The molecule has 2 rings (SSSR count). The predicted molar refractivity (Wildman–Crippen MR) is 77.7 cm³/mol. The summed E-state index contributed by atoms with van der Waals surface area (Å²) in [5.41, 5.74) is 0.482. The fraction of sp³-hybridized carbons (Fsp3) is 0.615. The highest BCUT2D eigenvalue weighted by atomic mass is 32.1. The van der Waals surface area contributed by atoms with E-state index < -0.39 is 5.97 Å². The van der Waals surface area contributed by atoms with E-state index in [2.05, 4.69) is 10.3 Å². The van der Waals surface area contributed by atoms with Crippen molar-refractivity contribution in [2.75, 3.05) is 20.3 Å². The van der Waals surface area contributed by atoms with Crippen LogP contribution in [0.3, 0.4) is 0 Å². The normalized spacial score (nSPS) is 14.0. The first kappa shape index (κ1) is 15.7. The monoisotopic (exact) mass is 313 g/mol. The molecule has 0 aliphatic heterocycles. The Kier molecular flexibility index (Phi) is 5.13. The fourth-order valence-corrected chi connectivity index (χ4v) is 2.85. The molecule has 1 aliphatic carbocycles. The number of aryl methyl sites for hydroxylation is 1. The fourth-order valence-electron chi connectivity index (χ4n) is 2.00. The van der Waals surface area contributed by atoms with Gasteiger partial charge in [0.2, 0.25) is 0 Å². The molecular formula is C13H19N3O4S. The van der Waals surface area contributed by atoms with Crippen molar-refractivity contribution in [3.8, 4) is 0 Å². The topological polar surface area (TPSA) is 91.8 Å². The number of rotatable bonds is 7. The van der Waals surface area contributed by atoms with E-state index in [0.29, 0.717) is 29.9 Å². The number of carboxylic acid groups (broad SMARTS) is 1. The van der Waals surface area contributed by atoms with Crippen molar-refractivity contribution >= 4 is 23.3 Å². The summed E-state index contributed by atoms with van der Waals surface area (Å²) in [5.74, 6) is -0.984. The summed E-state index contributed by atoms with van der Waals surface area (Å²) in [7, 11) is 1.61. The molecule has 0 spiro atoms. The molecule has 1 fully saturated rings. The molecule has 116 valence electrons. The van der Waals surface area contributed by atoms with Crippen LogP contribution < -0.4 is 5.32 Å². The number of carboxylic acids is 1. The molecule has 2 N–H and O–H groups in total. The number of aromatic nitrogens is 1. The molecule has 21 heavy (non-hydrogen) atoms. The van der Waals surface area contributed by atoms with Gasteiger partial charge in [0.05, 0.1) is 18.8 Å². The van der Waals surface area contributed by atoms with Gasteiger partial charge in [0.1, 0.15) is 9.88 Å². The highest BCUT2D eigenvalue weighted by Gasteiger charge is 2.32. The van der Waals surface area contributed by atoms with Crippen LogP contribution in [0.1, 0.15) is 33.2 Å². The molecule has 0 unspecified atom stereocenters. The summed E-state index contributed by atoms with van der Waals surface area (Å²) in [4.78, 5) is 29.3. The Bertz CT molecular complexity index is 527. The first-order valence-corrected chi connectivity index (χ1v) is 7.57. The van der Waals surface area contributed by atoms with Gasteiger partial charge in [0, 0.05) is 19.7 Å². The van der Waals surface area contributed by atoms with E-state index in [1.165, 1.54) is 0 Å². The second-order valence-corrected chi connectivity index (χ2v) is 5.99. The van der Waals surface area contributed by atoms with Crippen molar-refractivity contribution in [1.29, 1.82) is 0 Å². The number of nitrogens with zero attached hydrogens (tertiary/aromatic N) is 2. The van der Waals surface area contributed by atoms with Crippen LogP contribution in [0.25, 0.3) is 0 Å². The first-order chi connectivity index (χ1) is 10.0. The number of carbonyl (C=O) groups excluding carboxylic acids is 1. The molecule has 0 atom stereocenters. The van der Waals surface area contributed by atoms with Crippen LogP contribution in [0, 0.1) is 6.92 Å². The summed E-state index contributed by atoms with van der Waals surface area (Å²) in [5, 5.41) is 12.4. The minimum absolute atomic E-state index is 0.153. The van der Waals surface area contributed by atoms with Crippen LogP contribution in [-0.2, 0) is 11.3 Å². The lowest BCUT2D eigenvalue weighted by atomic mass is 10.4. The van der Waals surface area contributed by atoms with Crippen LogP contribution in [-0.4, -0.2) is 53.3 Å². The molecule has 0 bridgehead atoms. The van der Waals surface area contributed by atoms with Crippen molar-refractivity contribution in [3.63, 3.8) is 0 Å². The Hall–Kier alpha value is -1.67. The average Bonchev–Trinajstić information content (AvgIpc) is 3.19. The van der Waals surface area contributed by atoms with Crippen LogP contribution in [0.2, 0.25) is 0 Å². The average molecular weight is 313 g/mol.